The van der Waals surface area contributed by atoms with Crippen molar-refractivity contribution in [1.29, 1.82) is 0 Å². The Morgan fingerprint density at radius 2 is 1.61 bits per heavy atom. The maximum Gasteiger partial charge on any atom is 0.306 e. The molecule has 0 amide bonds. The lowest BCUT2D eigenvalue weighted by Crippen LogP contribution is -2.67. The third-order valence-electron chi connectivity index (χ3n) is 14.6. The van der Waals surface area contributed by atoms with Crippen LogP contribution in [0.2, 0.25) is 0 Å². The highest BCUT2D eigenvalue weighted by Gasteiger charge is 2.72. The topological polar surface area (TPSA) is 46.5 Å². The van der Waals surface area contributed by atoms with Crippen molar-refractivity contribution in [2.75, 3.05) is 0 Å². The van der Waals surface area contributed by atoms with Gasteiger partial charge in [-0.15, -0.1) is 0 Å². The number of carbonyl (C=O) groups is 1. The van der Waals surface area contributed by atoms with Crippen molar-refractivity contribution in [1.82, 2.24) is 0 Å². The molecular weight excluding hydrogens is 444 g/mol. The third-order valence-corrected chi connectivity index (χ3v) is 14.6. The van der Waals surface area contributed by atoms with Crippen LogP contribution < -0.4 is 0 Å². The molecule has 0 bridgehead atoms. The van der Waals surface area contributed by atoms with E-state index in [1.54, 1.807) is 0 Å². The van der Waals surface area contributed by atoms with Crippen LogP contribution in [-0.4, -0.2) is 23.3 Å². The van der Waals surface area contributed by atoms with E-state index in [0.29, 0.717) is 46.3 Å². The lowest BCUT2D eigenvalue weighted by Gasteiger charge is -2.73. The minimum absolute atomic E-state index is 0.0106. The zero-order valence-corrected chi connectivity index (χ0v) is 24.0. The van der Waals surface area contributed by atoms with Gasteiger partial charge in [0.15, 0.2) is 0 Å². The molecule has 0 aromatic rings. The van der Waals surface area contributed by atoms with Crippen molar-refractivity contribution in [2.24, 2.45) is 56.7 Å². The molecule has 0 unspecified atom stereocenters. The van der Waals surface area contributed by atoms with Crippen molar-refractivity contribution in [3.8, 4) is 0 Å². The molecule has 1 N–H and O–H groups in total. The molecule has 6 rings (SSSR count). The maximum absolute atomic E-state index is 12.3. The summed E-state index contributed by atoms with van der Waals surface area (Å²) < 4.78 is 6.11. The number of carbonyl (C=O) groups excluding carboxylic acids is 1. The van der Waals surface area contributed by atoms with Crippen LogP contribution in [0.4, 0.5) is 0 Å². The Kier molecular flexibility index (Phi) is 5.55. The molecular formula is C33H52O3. The first kappa shape index (κ1) is 25.4. The van der Waals surface area contributed by atoms with Gasteiger partial charge in [0.05, 0.1) is 6.10 Å². The van der Waals surface area contributed by atoms with E-state index < -0.39 is 0 Å². The molecule has 6 aliphatic rings. The van der Waals surface area contributed by atoms with Gasteiger partial charge in [-0.05, 0) is 129 Å². The SMILES string of the molecule is C=C(C)[C@@H]1CC[C@]2([C@H]3CCC(=O)O3)CC[C@]3(C)[C@H](CC[C@@H]4[C@@]5(C)CC[C@H](O)C(C)(C)[C@@H]5CC[C@]43C)[C@@H]12. The van der Waals surface area contributed by atoms with Gasteiger partial charge in [0.25, 0.3) is 0 Å². The Morgan fingerprint density at radius 3 is 2.28 bits per heavy atom. The molecule has 0 radical (unpaired) electrons. The zero-order valence-electron chi connectivity index (χ0n) is 24.0. The van der Waals surface area contributed by atoms with E-state index in [4.69, 9.17) is 4.74 Å². The predicted molar refractivity (Wildman–Crippen MR) is 144 cm³/mol. The third kappa shape index (κ3) is 2.99. The van der Waals surface area contributed by atoms with E-state index in [9.17, 15) is 9.90 Å². The van der Waals surface area contributed by atoms with Gasteiger partial charge in [-0.2, -0.15) is 0 Å². The molecule has 36 heavy (non-hydrogen) atoms. The first-order valence-corrected chi connectivity index (χ1v) is 15.3. The summed E-state index contributed by atoms with van der Waals surface area (Å²) in [6.45, 7) is 19.5. The van der Waals surface area contributed by atoms with Gasteiger partial charge in [-0.3, -0.25) is 4.79 Å². The monoisotopic (exact) mass is 496 g/mol. The molecule has 0 aromatic carbocycles. The molecule has 6 fully saturated rings. The van der Waals surface area contributed by atoms with Gasteiger partial charge >= 0.3 is 5.97 Å². The van der Waals surface area contributed by atoms with E-state index in [2.05, 4.69) is 48.1 Å². The van der Waals surface area contributed by atoms with Gasteiger partial charge in [0.1, 0.15) is 6.10 Å². The minimum Gasteiger partial charge on any atom is -0.462 e. The fourth-order valence-corrected chi connectivity index (χ4v) is 12.7. The minimum atomic E-state index is -0.161. The van der Waals surface area contributed by atoms with Crippen LogP contribution in [0.15, 0.2) is 12.2 Å². The van der Waals surface area contributed by atoms with Crippen molar-refractivity contribution in [3.05, 3.63) is 12.2 Å². The quantitative estimate of drug-likeness (QED) is 0.314. The number of aliphatic hydroxyl groups excluding tert-OH is 1. The molecule has 1 saturated heterocycles. The number of cyclic esters (lactones) is 1. The van der Waals surface area contributed by atoms with Crippen molar-refractivity contribution in [3.63, 3.8) is 0 Å². The van der Waals surface area contributed by atoms with Gasteiger partial charge in [-0.25, -0.2) is 0 Å². The Balaban J connectivity index is 1.39. The second kappa shape index (κ2) is 7.86. The highest BCUT2D eigenvalue weighted by molar-refractivity contribution is 5.71. The van der Waals surface area contributed by atoms with Crippen LogP contribution in [0, 0.1) is 56.7 Å². The number of rotatable bonds is 2. The summed E-state index contributed by atoms with van der Waals surface area (Å²) in [7, 11) is 0. The molecule has 1 aliphatic heterocycles. The molecule has 0 spiro atoms. The Bertz CT molecular complexity index is 953. The van der Waals surface area contributed by atoms with E-state index in [1.807, 2.05) is 0 Å². The van der Waals surface area contributed by atoms with Crippen LogP contribution in [-0.2, 0) is 9.53 Å². The van der Waals surface area contributed by atoms with Gasteiger partial charge in [0, 0.05) is 11.8 Å². The average molecular weight is 497 g/mol. The molecule has 1 heterocycles. The zero-order chi connectivity index (χ0) is 25.9. The molecule has 5 aliphatic carbocycles. The maximum atomic E-state index is 12.3. The normalized spacial score (nSPS) is 55.6. The van der Waals surface area contributed by atoms with E-state index in [-0.39, 0.29) is 29.0 Å². The standard InChI is InChI=1S/C33H52O3/c1-20(2)21-12-17-33(26-10-11-27(35)36-26)19-18-31(6)22(28(21)33)8-9-24-30(5)15-14-25(34)29(3,4)23(30)13-16-32(24,31)7/h21-26,28,34H,1,8-19H2,2-7H3/t21-,22+,23-,24+,25-,26+,28+,30-,31+,32+,33+/m0/s1. The fraction of sp³-hybridized carbons (Fsp3) is 0.909. The summed E-state index contributed by atoms with van der Waals surface area (Å²) in [5.74, 6) is 3.26. The first-order valence-electron chi connectivity index (χ1n) is 15.3. The number of hydrogen-bond donors (Lipinski definition) is 1. The largest absolute Gasteiger partial charge is 0.462 e. The number of ether oxygens (including phenoxy) is 1. The summed E-state index contributed by atoms with van der Waals surface area (Å²) in [6.07, 6.45) is 13.8. The second-order valence-corrected chi connectivity index (χ2v) is 15.8. The molecule has 5 saturated carbocycles. The summed E-state index contributed by atoms with van der Waals surface area (Å²) in [5, 5.41) is 11.0. The number of fused-ring (bicyclic) bond motifs is 7. The van der Waals surface area contributed by atoms with E-state index in [0.717, 1.165) is 18.8 Å². The molecule has 3 nitrogen and oxygen atoms in total. The number of hydrogen-bond acceptors (Lipinski definition) is 3. The Labute approximate surface area is 220 Å². The molecule has 202 valence electrons. The lowest BCUT2D eigenvalue weighted by atomic mass is 9.32. The first-order chi connectivity index (χ1) is 16.8. The average Bonchev–Trinajstić information content (AvgIpc) is 3.42. The number of allylic oxidation sites excluding steroid dienone is 1. The summed E-state index contributed by atoms with van der Waals surface area (Å²) in [5.41, 5.74) is 2.51. The summed E-state index contributed by atoms with van der Waals surface area (Å²) in [4.78, 5) is 12.3. The van der Waals surface area contributed by atoms with Crippen molar-refractivity contribution < 1.29 is 14.6 Å². The lowest BCUT2D eigenvalue weighted by molar-refractivity contribution is -0.253. The Morgan fingerprint density at radius 1 is 0.861 bits per heavy atom. The van der Waals surface area contributed by atoms with Crippen LogP contribution in [0.5, 0.6) is 0 Å². The number of esters is 1. The molecule has 0 aromatic heterocycles. The van der Waals surface area contributed by atoms with Crippen LogP contribution >= 0.6 is 0 Å². The number of aliphatic hydroxyl groups is 1. The predicted octanol–water partition coefficient (Wildman–Crippen LogP) is 7.71. The van der Waals surface area contributed by atoms with Crippen LogP contribution in [0.3, 0.4) is 0 Å². The van der Waals surface area contributed by atoms with Gasteiger partial charge in [-0.1, -0.05) is 46.8 Å². The van der Waals surface area contributed by atoms with Crippen molar-refractivity contribution >= 4 is 5.97 Å². The molecule has 3 heteroatoms. The van der Waals surface area contributed by atoms with Gasteiger partial charge in [0.2, 0.25) is 0 Å². The fourth-order valence-electron chi connectivity index (χ4n) is 12.7. The molecule has 11 atom stereocenters. The highest BCUT2D eigenvalue weighted by atomic mass is 16.6. The van der Waals surface area contributed by atoms with Crippen LogP contribution in [0.1, 0.15) is 119 Å². The summed E-state index contributed by atoms with van der Waals surface area (Å²) in [6, 6.07) is 0. The van der Waals surface area contributed by atoms with Gasteiger partial charge < -0.3 is 9.84 Å². The van der Waals surface area contributed by atoms with Crippen LogP contribution in [0.25, 0.3) is 0 Å². The van der Waals surface area contributed by atoms with Crippen molar-refractivity contribution in [2.45, 2.75) is 131 Å². The Hall–Kier alpha value is -0.830. The van der Waals surface area contributed by atoms with E-state index >= 15 is 0 Å². The highest BCUT2D eigenvalue weighted by Crippen LogP contribution is 2.78. The van der Waals surface area contributed by atoms with E-state index in [1.165, 1.54) is 63.4 Å². The summed E-state index contributed by atoms with van der Waals surface area (Å²) >= 11 is 0. The second-order valence-electron chi connectivity index (χ2n) is 15.8. The smallest absolute Gasteiger partial charge is 0.306 e.